The first-order valence-electron chi connectivity index (χ1n) is 5.67. The molecule has 0 fully saturated rings. The van der Waals surface area contributed by atoms with Gasteiger partial charge < -0.3 is 16.2 Å². The van der Waals surface area contributed by atoms with E-state index in [2.05, 4.69) is 10.4 Å². The number of hydrogen-bond acceptors (Lipinski definition) is 4. The number of nitrogens with zero attached hydrogens (tertiary/aromatic N) is 1. The number of primary amides is 1. The number of aliphatic hydroxyl groups is 1. The van der Waals surface area contributed by atoms with Gasteiger partial charge in [-0.1, -0.05) is 13.8 Å². The Morgan fingerprint density at radius 3 is 2.72 bits per heavy atom. The third-order valence-corrected chi connectivity index (χ3v) is 2.52. The summed E-state index contributed by atoms with van der Waals surface area (Å²) in [6.45, 7) is 5.50. The lowest BCUT2D eigenvalue weighted by molar-refractivity contribution is -0.116. The van der Waals surface area contributed by atoms with Crippen LogP contribution in [0.3, 0.4) is 0 Å². The highest BCUT2D eigenvalue weighted by atomic mass is 16.3. The van der Waals surface area contributed by atoms with E-state index in [4.69, 9.17) is 5.73 Å². The average Bonchev–Trinajstić information content (AvgIpc) is 2.50. The van der Waals surface area contributed by atoms with Crippen molar-refractivity contribution >= 4 is 17.6 Å². The fourth-order valence-corrected chi connectivity index (χ4v) is 1.78. The van der Waals surface area contributed by atoms with Crippen molar-refractivity contribution in [1.29, 1.82) is 0 Å². The molecule has 0 bridgehead atoms. The van der Waals surface area contributed by atoms with E-state index in [1.807, 2.05) is 19.3 Å². The van der Waals surface area contributed by atoms with Crippen molar-refractivity contribution in [2.75, 3.05) is 0 Å². The van der Waals surface area contributed by atoms with Crippen LogP contribution in [0.5, 0.6) is 0 Å². The maximum Gasteiger partial charge on any atom is 0.332 e. The average molecular weight is 254 g/mol. The second-order valence-electron chi connectivity index (χ2n) is 4.59. The van der Waals surface area contributed by atoms with E-state index < -0.39 is 18.0 Å². The number of hydrogen-bond donors (Lipinski definition) is 4. The molecule has 0 aromatic rings. The summed E-state index contributed by atoms with van der Waals surface area (Å²) in [7, 11) is 0. The molecule has 7 nitrogen and oxygen atoms in total. The van der Waals surface area contributed by atoms with Gasteiger partial charge in [0.1, 0.15) is 11.3 Å². The molecule has 0 aromatic heterocycles. The molecule has 0 saturated heterocycles. The van der Waals surface area contributed by atoms with Gasteiger partial charge >= 0.3 is 6.03 Å². The van der Waals surface area contributed by atoms with E-state index in [1.165, 1.54) is 6.92 Å². The molecule has 1 atom stereocenters. The van der Waals surface area contributed by atoms with E-state index in [0.717, 1.165) is 0 Å². The first-order valence-corrected chi connectivity index (χ1v) is 5.67. The Kier molecular flexibility index (Phi) is 4.30. The molecule has 1 aliphatic rings. The lowest BCUT2D eigenvalue weighted by atomic mass is 10.0. The van der Waals surface area contributed by atoms with Gasteiger partial charge in [-0.2, -0.15) is 5.10 Å². The van der Waals surface area contributed by atoms with Gasteiger partial charge in [-0.15, -0.1) is 0 Å². The number of urea groups is 1. The minimum atomic E-state index is -0.827. The fraction of sp³-hybridized carbons (Fsp3) is 0.545. The van der Waals surface area contributed by atoms with Crippen LogP contribution < -0.4 is 16.5 Å². The highest BCUT2D eigenvalue weighted by Crippen LogP contribution is 2.21. The molecule has 18 heavy (non-hydrogen) atoms. The number of carbonyl (C=O) groups excluding carboxylic acids is 2. The zero-order valence-corrected chi connectivity index (χ0v) is 10.7. The highest BCUT2D eigenvalue weighted by molar-refractivity contribution is 6.22. The summed E-state index contributed by atoms with van der Waals surface area (Å²) in [6.07, 6.45) is 0.637. The number of carbonyl (C=O) groups is 2. The van der Waals surface area contributed by atoms with Crippen molar-refractivity contribution in [1.82, 2.24) is 10.7 Å². The molecule has 3 amide bonds. The molecule has 0 aromatic carbocycles. The summed E-state index contributed by atoms with van der Waals surface area (Å²) in [5.74, 6) is -0.107. The van der Waals surface area contributed by atoms with Crippen molar-refractivity contribution in [3.05, 3.63) is 11.3 Å². The molecular weight excluding hydrogens is 236 g/mol. The summed E-state index contributed by atoms with van der Waals surface area (Å²) in [5, 5.41) is 16.3. The molecule has 1 rings (SSSR count). The third kappa shape index (κ3) is 3.22. The van der Waals surface area contributed by atoms with Crippen molar-refractivity contribution in [2.45, 2.75) is 33.2 Å². The normalized spacial score (nSPS) is 20.3. The van der Waals surface area contributed by atoms with Gasteiger partial charge in [-0.3, -0.25) is 4.79 Å². The smallest absolute Gasteiger partial charge is 0.332 e. The summed E-state index contributed by atoms with van der Waals surface area (Å²) in [4.78, 5) is 22.2. The topological polar surface area (TPSA) is 117 Å². The van der Waals surface area contributed by atoms with Crippen molar-refractivity contribution in [3.63, 3.8) is 0 Å². The van der Waals surface area contributed by atoms with Crippen LogP contribution in [0, 0.1) is 5.92 Å². The fourth-order valence-electron chi connectivity index (χ4n) is 1.78. The van der Waals surface area contributed by atoms with E-state index in [-0.39, 0.29) is 17.0 Å². The lowest BCUT2D eigenvalue weighted by Crippen LogP contribution is -2.31. The predicted octanol–water partition coefficient (Wildman–Crippen LogP) is 0.387. The first-order chi connectivity index (χ1) is 8.32. The SMILES string of the molecule is CC(=NNC(N)=O)C1=C(O)C(CC(C)C)NC1=O. The Morgan fingerprint density at radius 1 is 1.61 bits per heavy atom. The lowest BCUT2D eigenvalue weighted by Gasteiger charge is -2.13. The summed E-state index contributed by atoms with van der Waals surface area (Å²) in [6, 6.07) is -1.22. The van der Waals surface area contributed by atoms with Gasteiger partial charge in [0.15, 0.2) is 0 Å². The van der Waals surface area contributed by atoms with Crippen LogP contribution in [0.25, 0.3) is 0 Å². The standard InChI is InChI=1S/C11H18N4O3/c1-5(2)4-7-9(16)8(10(17)13-7)6(3)14-15-11(12)18/h5,7,16H,4H2,1-3H3,(H,13,17)(H3,12,15,18). The number of hydrazone groups is 1. The molecule has 5 N–H and O–H groups in total. The zero-order valence-electron chi connectivity index (χ0n) is 10.7. The van der Waals surface area contributed by atoms with Gasteiger partial charge in [0.05, 0.1) is 11.8 Å². The molecule has 7 heteroatoms. The maximum atomic E-state index is 11.7. The molecule has 1 unspecified atom stereocenters. The largest absolute Gasteiger partial charge is 0.509 e. The Bertz CT molecular complexity index is 426. The molecule has 1 heterocycles. The van der Waals surface area contributed by atoms with Gasteiger partial charge in [0.2, 0.25) is 0 Å². The van der Waals surface area contributed by atoms with Gasteiger partial charge in [0, 0.05) is 0 Å². The second-order valence-corrected chi connectivity index (χ2v) is 4.59. The molecular formula is C11H18N4O3. The van der Waals surface area contributed by atoms with E-state index in [9.17, 15) is 14.7 Å². The Hall–Kier alpha value is -2.05. The van der Waals surface area contributed by atoms with Crippen LogP contribution in [0.1, 0.15) is 27.2 Å². The van der Waals surface area contributed by atoms with E-state index in [0.29, 0.717) is 12.3 Å². The summed E-state index contributed by atoms with van der Waals surface area (Å²) >= 11 is 0. The highest BCUT2D eigenvalue weighted by Gasteiger charge is 2.33. The van der Waals surface area contributed by atoms with E-state index >= 15 is 0 Å². The minimum absolute atomic E-state index is 0.0405. The number of amides is 3. The number of rotatable bonds is 4. The van der Waals surface area contributed by atoms with Gasteiger partial charge in [-0.25, -0.2) is 10.2 Å². The molecule has 100 valence electrons. The number of aliphatic hydroxyl groups excluding tert-OH is 1. The summed E-state index contributed by atoms with van der Waals surface area (Å²) in [5.41, 5.74) is 7.20. The van der Waals surface area contributed by atoms with E-state index in [1.54, 1.807) is 0 Å². The maximum absolute atomic E-state index is 11.7. The third-order valence-electron chi connectivity index (χ3n) is 2.52. The molecule has 0 radical (unpaired) electrons. The monoisotopic (exact) mass is 254 g/mol. The van der Waals surface area contributed by atoms with Crippen LogP contribution in [-0.2, 0) is 4.79 Å². The van der Waals surface area contributed by atoms with Crippen LogP contribution in [0.2, 0.25) is 0 Å². The molecule has 0 saturated carbocycles. The van der Waals surface area contributed by atoms with Crippen LogP contribution in [0.15, 0.2) is 16.4 Å². The number of nitrogens with two attached hydrogens (primary N) is 1. The zero-order chi connectivity index (χ0) is 13.9. The minimum Gasteiger partial charge on any atom is -0.509 e. The first kappa shape index (κ1) is 14.0. The van der Waals surface area contributed by atoms with Crippen LogP contribution in [-0.4, -0.2) is 28.8 Å². The molecule has 0 aliphatic carbocycles. The Labute approximate surface area is 105 Å². The van der Waals surface area contributed by atoms with Crippen LogP contribution >= 0.6 is 0 Å². The predicted molar refractivity (Wildman–Crippen MR) is 66.9 cm³/mol. The Balaban J connectivity index is 2.91. The van der Waals surface area contributed by atoms with Gasteiger partial charge in [-0.05, 0) is 19.3 Å². The van der Waals surface area contributed by atoms with Crippen molar-refractivity contribution in [3.8, 4) is 0 Å². The second kappa shape index (κ2) is 5.52. The van der Waals surface area contributed by atoms with Crippen LogP contribution in [0.4, 0.5) is 4.79 Å². The van der Waals surface area contributed by atoms with Crippen molar-refractivity contribution in [2.24, 2.45) is 16.8 Å². The number of nitrogens with one attached hydrogen (secondary N) is 2. The quantitative estimate of drug-likeness (QED) is 0.429. The molecule has 1 aliphatic heterocycles. The van der Waals surface area contributed by atoms with Gasteiger partial charge in [0.25, 0.3) is 5.91 Å². The summed E-state index contributed by atoms with van der Waals surface area (Å²) < 4.78 is 0. The Morgan fingerprint density at radius 2 is 2.22 bits per heavy atom. The van der Waals surface area contributed by atoms with Crippen molar-refractivity contribution < 1.29 is 14.7 Å². The molecule has 0 spiro atoms.